The van der Waals surface area contributed by atoms with E-state index in [4.69, 9.17) is 5.11 Å². The van der Waals surface area contributed by atoms with Crippen LogP contribution in [-0.2, 0) is 19.1 Å². The van der Waals surface area contributed by atoms with Gasteiger partial charge < -0.3 is 24.5 Å². The molecule has 0 amide bonds. The van der Waals surface area contributed by atoms with E-state index in [-0.39, 0.29) is 24.1 Å². The normalized spacial score (nSPS) is 22.3. The van der Waals surface area contributed by atoms with E-state index in [1.807, 2.05) is 14.7 Å². The molecule has 0 aromatic heterocycles. The molecule has 1 N–H and O–H groups in total. The average molecular weight is 349 g/mol. The Labute approximate surface area is 146 Å². The number of carboxylic acids is 1. The number of Topliss-reactive ketones (excluding diaryl/α,β-unsaturated/α-hetero) is 1. The lowest BCUT2D eigenvalue weighted by molar-refractivity contribution is -0.139. The molecule has 8 nitrogen and oxygen atoms in total. The summed E-state index contributed by atoms with van der Waals surface area (Å²) in [6.45, 7) is 7.12. The largest absolute Gasteiger partial charge is 0.481 e. The van der Waals surface area contributed by atoms with Crippen LogP contribution < -0.4 is 0 Å². The SMILES string of the molecule is COC(C)CC(=O)O.O=C1C=C(N2CC2)C(=O)C(N2CC2)=C1N1CC1. The van der Waals surface area contributed by atoms with Crippen LogP contribution in [0, 0.1) is 0 Å². The van der Waals surface area contributed by atoms with Crippen LogP contribution in [0.3, 0.4) is 0 Å². The predicted molar refractivity (Wildman–Crippen MR) is 88.6 cm³/mol. The van der Waals surface area contributed by atoms with E-state index in [1.165, 1.54) is 13.2 Å². The minimum absolute atomic E-state index is 0.00546. The molecule has 0 spiro atoms. The third kappa shape index (κ3) is 4.19. The maximum absolute atomic E-state index is 12.4. The number of hydrogen-bond donors (Lipinski definition) is 1. The van der Waals surface area contributed by atoms with Crippen LogP contribution in [0.1, 0.15) is 13.3 Å². The summed E-state index contributed by atoms with van der Waals surface area (Å²) in [7, 11) is 1.49. The Bertz CT molecular complexity index is 657. The minimum atomic E-state index is -0.820. The van der Waals surface area contributed by atoms with Crippen LogP contribution in [0.2, 0.25) is 0 Å². The first kappa shape index (κ1) is 17.5. The summed E-state index contributed by atoms with van der Waals surface area (Å²) in [5.74, 6) is -0.772. The van der Waals surface area contributed by atoms with E-state index in [9.17, 15) is 14.4 Å². The van der Waals surface area contributed by atoms with E-state index >= 15 is 0 Å². The van der Waals surface area contributed by atoms with Gasteiger partial charge in [-0.2, -0.15) is 0 Å². The highest BCUT2D eigenvalue weighted by molar-refractivity contribution is 6.22. The van der Waals surface area contributed by atoms with Gasteiger partial charge in [0.2, 0.25) is 11.6 Å². The van der Waals surface area contributed by atoms with Crippen LogP contribution in [0.5, 0.6) is 0 Å². The standard InChI is InChI=1S/C12H13N3O2.C5H10O3/c16-9-7-8(13-1-2-13)12(17)11(15-5-6-15)10(9)14-3-4-14;1-4(8-2)3-5(6)7/h7H,1-6H2;4H,3H2,1-2H3,(H,6,7). The number of carbonyl (C=O) groups excluding carboxylic acids is 2. The first-order valence-electron chi connectivity index (χ1n) is 8.46. The first-order chi connectivity index (χ1) is 11.9. The van der Waals surface area contributed by atoms with Gasteiger partial charge in [0.15, 0.2) is 0 Å². The maximum atomic E-state index is 12.4. The van der Waals surface area contributed by atoms with Crippen molar-refractivity contribution in [1.29, 1.82) is 0 Å². The van der Waals surface area contributed by atoms with Crippen molar-refractivity contribution in [2.45, 2.75) is 19.4 Å². The van der Waals surface area contributed by atoms with Gasteiger partial charge in [-0.25, -0.2) is 0 Å². The van der Waals surface area contributed by atoms with Crippen molar-refractivity contribution in [2.24, 2.45) is 0 Å². The Morgan fingerprint density at radius 1 is 1.08 bits per heavy atom. The van der Waals surface area contributed by atoms with Crippen LogP contribution in [0.25, 0.3) is 0 Å². The van der Waals surface area contributed by atoms with Crippen molar-refractivity contribution in [3.05, 3.63) is 23.2 Å². The van der Waals surface area contributed by atoms with Gasteiger partial charge in [0.25, 0.3) is 0 Å². The second kappa shape index (κ2) is 6.87. The molecule has 1 atom stereocenters. The fourth-order valence-corrected chi connectivity index (χ4v) is 2.60. The quantitative estimate of drug-likeness (QED) is 0.515. The monoisotopic (exact) mass is 349 g/mol. The smallest absolute Gasteiger partial charge is 0.305 e. The Kier molecular flexibility index (Phi) is 4.80. The number of rotatable bonds is 6. The highest BCUT2D eigenvalue weighted by Crippen LogP contribution is 2.33. The molecule has 8 heteroatoms. The molecule has 4 aliphatic rings. The topological polar surface area (TPSA) is 89.7 Å². The summed E-state index contributed by atoms with van der Waals surface area (Å²) in [6, 6.07) is 0. The number of aliphatic carboxylic acids is 1. The number of hydrogen-bond acceptors (Lipinski definition) is 7. The molecule has 25 heavy (non-hydrogen) atoms. The summed E-state index contributed by atoms with van der Waals surface area (Å²) in [6.07, 6.45) is 1.43. The number of carbonyl (C=O) groups is 3. The number of ether oxygens (including phenoxy) is 1. The molecule has 0 radical (unpaired) electrons. The van der Waals surface area contributed by atoms with Gasteiger partial charge in [0.1, 0.15) is 11.4 Å². The maximum Gasteiger partial charge on any atom is 0.305 e. The van der Waals surface area contributed by atoms with Crippen molar-refractivity contribution < 1.29 is 24.2 Å². The highest BCUT2D eigenvalue weighted by Gasteiger charge is 2.43. The lowest BCUT2D eigenvalue weighted by Crippen LogP contribution is -2.29. The average Bonchev–Trinajstić information content (AvgIpc) is 3.36. The van der Waals surface area contributed by atoms with Gasteiger partial charge in [0.05, 0.1) is 18.2 Å². The predicted octanol–water partition coefficient (Wildman–Crippen LogP) is -0.323. The molecular weight excluding hydrogens is 326 g/mol. The number of ketones is 2. The van der Waals surface area contributed by atoms with E-state index in [1.54, 1.807) is 6.92 Å². The van der Waals surface area contributed by atoms with Gasteiger partial charge in [-0.05, 0) is 6.92 Å². The van der Waals surface area contributed by atoms with Crippen molar-refractivity contribution >= 4 is 17.5 Å². The molecule has 0 aromatic carbocycles. The molecule has 1 unspecified atom stereocenters. The lowest BCUT2D eigenvalue weighted by Gasteiger charge is -2.21. The molecule has 0 aromatic rings. The molecular formula is C17H23N3O5. The van der Waals surface area contributed by atoms with E-state index in [0.717, 1.165) is 39.3 Å². The van der Waals surface area contributed by atoms with Crippen molar-refractivity contribution in [3.63, 3.8) is 0 Å². The molecule has 1 aliphatic carbocycles. The number of methoxy groups -OCH3 is 1. The fourth-order valence-electron chi connectivity index (χ4n) is 2.60. The molecule has 3 aliphatic heterocycles. The zero-order chi connectivity index (χ0) is 18.1. The second-order valence-electron chi connectivity index (χ2n) is 6.53. The molecule has 0 bridgehead atoms. The van der Waals surface area contributed by atoms with Crippen molar-refractivity contribution in [2.75, 3.05) is 46.4 Å². The van der Waals surface area contributed by atoms with Gasteiger partial charge in [0, 0.05) is 52.5 Å². The second-order valence-corrected chi connectivity index (χ2v) is 6.53. The number of allylic oxidation sites excluding steroid dienone is 1. The fraction of sp³-hybridized carbons (Fsp3) is 0.588. The lowest BCUT2D eigenvalue weighted by atomic mass is 10.0. The van der Waals surface area contributed by atoms with Crippen molar-refractivity contribution in [1.82, 2.24) is 14.7 Å². The van der Waals surface area contributed by atoms with Crippen LogP contribution in [-0.4, -0.2) is 89.8 Å². The Hall–Kier alpha value is -2.35. The number of nitrogens with zero attached hydrogens (tertiary/aromatic N) is 3. The van der Waals surface area contributed by atoms with Gasteiger partial charge >= 0.3 is 5.97 Å². The summed E-state index contributed by atoms with van der Waals surface area (Å²) >= 11 is 0. The molecule has 136 valence electrons. The zero-order valence-electron chi connectivity index (χ0n) is 14.5. The third-order valence-electron chi connectivity index (χ3n) is 4.35. The first-order valence-corrected chi connectivity index (χ1v) is 8.46. The summed E-state index contributed by atoms with van der Waals surface area (Å²) in [5, 5.41) is 8.14. The van der Waals surface area contributed by atoms with E-state index in [0.29, 0.717) is 17.1 Å². The third-order valence-corrected chi connectivity index (χ3v) is 4.35. The van der Waals surface area contributed by atoms with Gasteiger partial charge in [-0.3, -0.25) is 14.4 Å². The highest BCUT2D eigenvalue weighted by atomic mass is 16.5. The Morgan fingerprint density at radius 2 is 1.60 bits per heavy atom. The summed E-state index contributed by atoms with van der Waals surface area (Å²) in [5.41, 5.74) is 1.89. The minimum Gasteiger partial charge on any atom is -0.481 e. The molecule has 3 fully saturated rings. The van der Waals surface area contributed by atoms with Gasteiger partial charge in [-0.15, -0.1) is 0 Å². The molecule has 3 heterocycles. The number of carboxylic acid groups (broad SMARTS) is 1. The molecule has 4 rings (SSSR count). The zero-order valence-corrected chi connectivity index (χ0v) is 14.5. The van der Waals surface area contributed by atoms with E-state index in [2.05, 4.69) is 4.74 Å². The molecule has 0 saturated carbocycles. The van der Waals surface area contributed by atoms with Crippen LogP contribution in [0.4, 0.5) is 0 Å². The Balaban J connectivity index is 0.000000197. The van der Waals surface area contributed by atoms with Crippen molar-refractivity contribution in [3.8, 4) is 0 Å². The van der Waals surface area contributed by atoms with Gasteiger partial charge in [-0.1, -0.05) is 0 Å². The molecule has 3 saturated heterocycles. The summed E-state index contributed by atoms with van der Waals surface area (Å²) in [4.78, 5) is 40.4. The Morgan fingerprint density at radius 3 is 2.00 bits per heavy atom. The van der Waals surface area contributed by atoms with Crippen LogP contribution >= 0.6 is 0 Å². The van der Waals surface area contributed by atoms with Crippen LogP contribution in [0.15, 0.2) is 23.2 Å². The van der Waals surface area contributed by atoms with E-state index < -0.39 is 5.97 Å². The summed E-state index contributed by atoms with van der Waals surface area (Å²) < 4.78 is 4.68.